The van der Waals surface area contributed by atoms with Gasteiger partial charge < -0.3 is 55.1 Å². The molecule has 2 fully saturated rings. The van der Waals surface area contributed by atoms with Crippen molar-refractivity contribution in [1.82, 2.24) is 0 Å². The van der Waals surface area contributed by atoms with Gasteiger partial charge in [0.15, 0.2) is 6.29 Å². The minimum Gasteiger partial charge on any atom is -0.394 e. The van der Waals surface area contributed by atoms with Crippen molar-refractivity contribution in [3.05, 3.63) is 0 Å². The van der Waals surface area contributed by atoms with Gasteiger partial charge in [-0.1, -0.05) is 0 Å². The molecule has 2 aliphatic heterocycles. The van der Waals surface area contributed by atoms with Crippen molar-refractivity contribution in [2.45, 2.75) is 54.8 Å². The minimum atomic E-state index is -2.22. The Hall–Kier alpha value is -0.440. The Morgan fingerprint density at radius 2 is 1.39 bits per heavy atom. The largest absolute Gasteiger partial charge is 0.394 e. The van der Waals surface area contributed by atoms with Gasteiger partial charge in [-0.3, -0.25) is 0 Å². The summed E-state index contributed by atoms with van der Waals surface area (Å²) in [5.74, 6) is -2.22. The van der Waals surface area contributed by atoms with Gasteiger partial charge in [-0.05, 0) is 0 Å². The fourth-order valence-electron chi connectivity index (χ4n) is 2.63. The lowest BCUT2D eigenvalue weighted by Gasteiger charge is -2.43. The van der Waals surface area contributed by atoms with E-state index in [-0.39, 0.29) is 0 Å². The maximum absolute atomic E-state index is 10.00. The molecule has 3 unspecified atom stereocenters. The van der Waals surface area contributed by atoms with Crippen molar-refractivity contribution >= 4 is 0 Å². The molecule has 11 heteroatoms. The Labute approximate surface area is 130 Å². The van der Waals surface area contributed by atoms with E-state index in [0.717, 1.165) is 0 Å². The van der Waals surface area contributed by atoms with Gasteiger partial charge in [0.25, 0.3) is 0 Å². The third kappa shape index (κ3) is 3.23. The van der Waals surface area contributed by atoms with Crippen LogP contribution in [0.25, 0.3) is 0 Å². The molecule has 2 rings (SSSR count). The molecule has 2 aliphatic rings. The first-order valence-corrected chi connectivity index (χ1v) is 7.05. The van der Waals surface area contributed by atoms with Crippen LogP contribution >= 0.6 is 0 Å². The van der Waals surface area contributed by atoms with E-state index >= 15 is 0 Å². The first-order valence-electron chi connectivity index (χ1n) is 7.05. The van der Waals surface area contributed by atoms with Crippen LogP contribution in [0.2, 0.25) is 0 Å². The Bertz CT molecular complexity index is 393. The average molecular weight is 342 g/mol. The Morgan fingerprint density at radius 1 is 0.783 bits per heavy atom. The van der Waals surface area contributed by atoms with Crippen molar-refractivity contribution in [3.8, 4) is 0 Å². The summed E-state index contributed by atoms with van der Waals surface area (Å²) in [5.41, 5.74) is 0. The molecule has 9 atom stereocenters. The summed E-state index contributed by atoms with van der Waals surface area (Å²) < 4.78 is 15.4. The van der Waals surface area contributed by atoms with Gasteiger partial charge in [0.05, 0.1) is 13.2 Å². The van der Waals surface area contributed by atoms with Crippen LogP contribution in [0.4, 0.5) is 0 Å². The van der Waals surface area contributed by atoms with Crippen LogP contribution in [-0.2, 0) is 14.2 Å². The van der Waals surface area contributed by atoms with Crippen LogP contribution in [0.1, 0.15) is 0 Å². The van der Waals surface area contributed by atoms with Crippen molar-refractivity contribution in [2.75, 3.05) is 19.8 Å². The number of rotatable bonds is 5. The summed E-state index contributed by atoms with van der Waals surface area (Å²) in [5, 5.41) is 76.7. The Kier molecular flexibility index (Phi) is 5.92. The second-order valence-corrected chi connectivity index (χ2v) is 5.56. The lowest BCUT2D eigenvalue weighted by atomic mass is 9.99. The van der Waals surface area contributed by atoms with Gasteiger partial charge in [-0.15, -0.1) is 0 Å². The third-order valence-electron chi connectivity index (χ3n) is 4.07. The standard InChI is InChI=1S/C12H22O11/c13-1-4-6(16)8(18)9(19)11(21-4)23-12(3-15)10(20)7(17)5(2-14)22-12/h4-11,13-20H,1-3H2/t4?,5-,6-,7+,8-,9?,10?,11+,12+/m1/s1. The zero-order chi connectivity index (χ0) is 17.4. The number of hydrogen-bond donors (Lipinski definition) is 8. The molecular formula is C12H22O11. The predicted octanol–water partition coefficient (Wildman–Crippen LogP) is -5.40. The van der Waals surface area contributed by atoms with Crippen LogP contribution < -0.4 is 0 Å². The second-order valence-electron chi connectivity index (χ2n) is 5.56. The van der Waals surface area contributed by atoms with Crippen LogP contribution in [0.3, 0.4) is 0 Å². The van der Waals surface area contributed by atoms with E-state index in [1.807, 2.05) is 0 Å². The first-order chi connectivity index (χ1) is 10.8. The summed E-state index contributed by atoms with van der Waals surface area (Å²) in [6.07, 6.45) is -12.7. The topological polar surface area (TPSA) is 190 Å². The highest BCUT2D eigenvalue weighted by atomic mass is 16.8. The van der Waals surface area contributed by atoms with Gasteiger partial charge in [0.2, 0.25) is 5.79 Å². The van der Waals surface area contributed by atoms with Gasteiger partial charge in [0, 0.05) is 0 Å². The highest BCUT2D eigenvalue weighted by Gasteiger charge is 2.58. The van der Waals surface area contributed by atoms with Crippen molar-refractivity contribution in [2.24, 2.45) is 0 Å². The van der Waals surface area contributed by atoms with Crippen LogP contribution in [-0.4, -0.2) is 115 Å². The molecule has 0 saturated carbocycles. The molecule has 0 aromatic heterocycles. The molecule has 0 aromatic rings. The molecule has 0 bridgehead atoms. The Balaban J connectivity index is 2.18. The maximum Gasteiger partial charge on any atom is 0.224 e. The third-order valence-corrected chi connectivity index (χ3v) is 4.07. The SMILES string of the molecule is OCC1O[C@@H](O[C@]2(CO)O[C@H](CO)[C@H](O)C2O)C(O)[C@H](O)[C@@H]1O. The van der Waals surface area contributed by atoms with E-state index in [0.29, 0.717) is 0 Å². The molecule has 0 radical (unpaired) electrons. The normalized spacial score (nSPS) is 51.1. The highest BCUT2D eigenvalue weighted by Crippen LogP contribution is 2.35. The number of aliphatic hydroxyl groups excluding tert-OH is 8. The maximum atomic E-state index is 10.00. The van der Waals surface area contributed by atoms with E-state index < -0.39 is 74.6 Å². The van der Waals surface area contributed by atoms with Gasteiger partial charge in [-0.2, -0.15) is 0 Å². The molecule has 0 spiro atoms. The molecule has 0 aliphatic carbocycles. The van der Waals surface area contributed by atoms with Crippen molar-refractivity contribution < 1.29 is 55.1 Å². The van der Waals surface area contributed by atoms with Crippen LogP contribution in [0, 0.1) is 0 Å². The van der Waals surface area contributed by atoms with E-state index in [2.05, 4.69) is 0 Å². The molecule has 0 aromatic carbocycles. The Morgan fingerprint density at radius 3 is 1.87 bits per heavy atom. The van der Waals surface area contributed by atoms with Gasteiger partial charge in [0.1, 0.15) is 49.3 Å². The summed E-state index contributed by atoms with van der Waals surface area (Å²) >= 11 is 0. The summed E-state index contributed by atoms with van der Waals surface area (Å²) in [7, 11) is 0. The fraction of sp³-hybridized carbons (Fsp3) is 1.00. The second kappa shape index (κ2) is 7.21. The van der Waals surface area contributed by atoms with Crippen LogP contribution in [0.15, 0.2) is 0 Å². The lowest BCUT2D eigenvalue weighted by Crippen LogP contribution is -2.62. The van der Waals surface area contributed by atoms with E-state index in [4.69, 9.17) is 24.4 Å². The first kappa shape index (κ1) is 18.9. The zero-order valence-electron chi connectivity index (χ0n) is 12.0. The highest BCUT2D eigenvalue weighted by molar-refractivity contribution is 4.98. The molecule has 2 heterocycles. The van der Waals surface area contributed by atoms with E-state index in [1.165, 1.54) is 0 Å². The van der Waals surface area contributed by atoms with Gasteiger partial charge in [-0.25, -0.2) is 0 Å². The summed E-state index contributed by atoms with van der Waals surface area (Å²) in [6, 6.07) is 0. The van der Waals surface area contributed by atoms with E-state index in [1.54, 1.807) is 0 Å². The summed E-state index contributed by atoms with van der Waals surface area (Å²) in [4.78, 5) is 0. The van der Waals surface area contributed by atoms with Crippen molar-refractivity contribution in [3.63, 3.8) is 0 Å². The number of hydrogen-bond acceptors (Lipinski definition) is 11. The molecular weight excluding hydrogens is 320 g/mol. The van der Waals surface area contributed by atoms with Gasteiger partial charge >= 0.3 is 0 Å². The predicted molar refractivity (Wildman–Crippen MR) is 68.6 cm³/mol. The monoisotopic (exact) mass is 342 g/mol. The average Bonchev–Trinajstić information content (AvgIpc) is 2.80. The molecule has 136 valence electrons. The van der Waals surface area contributed by atoms with E-state index in [9.17, 15) is 30.6 Å². The van der Waals surface area contributed by atoms with Crippen LogP contribution in [0.5, 0.6) is 0 Å². The molecule has 0 amide bonds. The molecule has 2 saturated heterocycles. The fourth-order valence-corrected chi connectivity index (χ4v) is 2.63. The smallest absolute Gasteiger partial charge is 0.224 e. The molecule has 8 N–H and O–H groups in total. The lowest BCUT2D eigenvalue weighted by molar-refractivity contribution is -0.383. The number of ether oxygens (including phenoxy) is 3. The number of aliphatic hydroxyl groups is 8. The van der Waals surface area contributed by atoms with Crippen molar-refractivity contribution in [1.29, 1.82) is 0 Å². The summed E-state index contributed by atoms with van der Waals surface area (Å²) in [6.45, 7) is -2.32. The molecule has 23 heavy (non-hydrogen) atoms. The quantitative estimate of drug-likeness (QED) is 0.238. The molecule has 11 nitrogen and oxygen atoms in total. The minimum absolute atomic E-state index is 0.669. The zero-order valence-corrected chi connectivity index (χ0v) is 12.0.